The molecule has 2 amide bonds. The smallest absolute Gasteiger partial charge is 0.335 e. The lowest BCUT2D eigenvalue weighted by Crippen LogP contribution is -2.49. The Balaban J connectivity index is 2.29. The summed E-state index contributed by atoms with van der Waals surface area (Å²) in [4.78, 5) is 39.4. The van der Waals surface area contributed by atoms with Gasteiger partial charge in [0.1, 0.15) is 12.3 Å². The molecule has 2 rings (SSSR count). The molecule has 0 aromatic heterocycles. The van der Waals surface area contributed by atoms with Crippen LogP contribution in [0.3, 0.4) is 0 Å². The average molecular weight is 348 g/mol. The summed E-state index contributed by atoms with van der Waals surface area (Å²) in [5, 5.41) is 9.11. The molecular formula is C18H24N2O5. The Morgan fingerprint density at radius 1 is 1.24 bits per heavy atom. The zero-order valence-corrected chi connectivity index (χ0v) is 14.8. The van der Waals surface area contributed by atoms with Crippen molar-refractivity contribution in [3.05, 3.63) is 23.8 Å². The van der Waals surface area contributed by atoms with Crippen molar-refractivity contribution in [1.82, 2.24) is 4.90 Å². The second kappa shape index (κ2) is 8.00. The number of anilines is 1. The number of aromatic carboxylic acids is 1. The Morgan fingerprint density at radius 3 is 2.44 bits per heavy atom. The Labute approximate surface area is 147 Å². The van der Waals surface area contributed by atoms with E-state index >= 15 is 0 Å². The van der Waals surface area contributed by atoms with E-state index in [-0.39, 0.29) is 23.9 Å². The first-order chi connectivity index (χ1) is 11.9. The molecule has 7 nitrogen and oxygen atoms in total. The Morgan fingerprint density at radius 2 is 1.88 bits per heavy atom. The zero-order valence-electron chi connectivity index (χ0n) is 14.8. The summed E-state index contributed by atoms with van der Waals surface area (Å²) < 4.78 is 5.52. The molecule has 1 aromatic carbocycles. The second-order valence-electron chi connectivity index (χ2n) is 6.05. The molecule has 0 aliphatic carbocycles. The third-order valence-corrected chi connectivity index (χ3v) is 4.05. The minimum Gasteiger partial charge on any atom is -0.479 e. The highest BCUT2D eigenvalue weighted by Crippen LogP contribution is 2.35. The van der Waals surface area contributed by atoms with E-state index in [1.807, 2.05) is 13.8 Å². The number of carbonyl (C=O) groups excluding carboxylic acids is 2. The summed E-state index contributed by atoms with van der Waals surface area (Å²) in [6, 6.07) is 4.30. The lowest BCUT2D eigenvalue weighted by Gasteiger charge is -2.34. The van der Waals surface area contributed by atoms with Gasteiger partial charge in [-0.05, 0) is 38.0 Å². The predicted molar refractivity (Wildman–Crippen MR) is 93.0 cm³/mol. The molecule has 1 heterocycles. The van der Waals surface area contributed by atoms with Gasteiger partial charge in [-0.2, -0.15) is 0 Å². The molecule has 1 unspecified atom stereocenters. The summed E-state index contributed by atoms with van der Waals surface area (Å²) in [6.45, 7) is 6.80. The molecule has 7 heteroatoms. The maximum atomic E-state index is 12.6. The van der Waals surface area contributed by atoms with Crippen molar-refractivity contribution in [2.75, 3.05) is 24.5 Å². The van der Waals surface area contributed by atoms with Crippen molar-refractivity contribution in [3.8, 4) is 5.75 Å². The molecule has 0 bridgehead atoms. The van der Waals surface area contributed by atoms with Crippen molar-refractivity contribution in [2.24, 2.45) is 0 Å². The van der Waals surface area contributed by atoms with Crippen molar-refractivity contribution >= 4 is 23.5 Å². The first kappa shape index (κ1) is 18.8. The SMILES string of the molecule is CCCN(CCC)C(=O)CN1C(=O)C(C)Oc2cc(C(=O)O)ccc21. The standard InChI is InChI=1S/C18H24N2O5/c1-4-8-19(9-5-2)16(21)11-20-14-7-6-13(18(23)24)10-15(14)25-12(3)17(20)22/h6-7,10,12H,4-5,8-9,11H2,1-3H3,(H,23,24). The largest absolute Gasteiger partial charge is 0.479 e. The fourth-order valence-electron chi connectivity index (χ4n) is 2.84. The van der Waals surface area contributed by atoms with Crippen LogP contribution >= 0.6 is 0 Å². The molecule has 136 valence electrons. The summed E-state index contributed by atoms with van der Waals surface area (Å²) >= 11 is 0. The van der Waals surface area contributed by atoms with E-state index < -0.39 is 12.1 Å². The number of fused-ring (bicyclic) bond motifs is 1. The molecule has 1 aromatic rings. The van der Waals surface area contributed by atoms with Gasteiger partial charge in [0, 0.05) is 13.1 Å². The van der Waals surface area contributed by atoms with E-state index in [9.17, 15) is 14.4 Å². The van der Waals surface area contributed by atoms with Crippen LogP contribution in [0.4, 0.5) is 5.69 Å². The molecule has 1 N–H and O–H groups in total. The highest BCUT2D eigenvalue weighted by atomic mass is 16.5. The van der Waals surface area contributed by atoms with Crippen molar-refractivity contribution in [3.63, 3.8) is 0 Å². The average Bonchev–Trinajstić information content (AvgIpc) is 2.58. The minimum absolute atomic E-state index is 0.0742. The van der Waals surface area contributed by atoms with Gasteiger partial charge >= 0.3 is 5.97 Å². The van der Waals surface area contributed by atoms with Gasteiger partial charge in [0.15, 0.2) is 6.10 Å². The van der Waals surface area contributed by atoms with Crippen LogP contribution in [0.2, 0.25) is 0 Å². The van der Waals surface area contributed by atoms with Gasteiger partial charge in [-0.3, -0.25) is 14.5 Å². The van der Waals surface area contributed by atoms with Crippen LogP contribution in [0.5, 0.6) is 5.75 Å². The number of ether oxygens (including phenoxy) is 1. The van der Waals surface area contributed by atoms with Crippen molar-refractivity contribution < 1.29 is 24.2 Å². The van der Waals surface area contributed by atoms with Gasteiger partial charge in [-0.15, -0.1) is 0 Å². The van der Waals surface area contributed by atoms with E-state index in [0.29, 0.717) is 24.5 Å². The number of nitrogens with zero attached hydrogens (tertiary/aromatic N) is 2. The van der Waals surface area contributed by atoms with E-state index in [4.69, 9.17) is 9.84 Å². The summed E-state index contributed by atoms with van der Waals surface area (Å²) in [6.07, 6.45) is 0.922. The Bertz CT molecular complexity index is 667. The molecule has 0 spiro atoms. The highest BCUT2D eigenvalue weighted by Gasteiger charge is 2.34. The topological polar surface area (TPSA) is 87.2 Å². The van der Waals surface area contributed by atoms with Gasteiger partial charge in [0.25, 0.3) is 5.91 Å². The number of rotatable bonds is 7. The van der Waals surface area contributed by atoms with Crippen LogP contribution in [0.25, 0.3) is 0 Å². The van der Waals surface area contributed by atoms with Crippen molar-refractivity contribution in [2.45, 2.75) is 39.7 Å². The van der Waals surface area contributed by atoms with Crippen molar-refractivity contribution in [1.29, 1.82) is 0 Å². The van der Waals surface area contributed by atoms with Crippen LogP contribution in [-0.2, 0) is 9.59 Å². The van der Waals surface area contributed by atoms with E-state index in [0.717, 1.165) is 12.8 Å². The van der Waals surface area contributed by atoms with Crippen LogP contribution in [0.15, 0.2) is 18.2 Å². The molecule has 1 atom stereocenters. The van der Waals surface area contributed by atoms with E-state index in [1.54, 1.807) is 11.8 Å². The molecule has 0 fully saturated rings. The fraction of sp³-hybridized carbons (Fsp3) is 0.500. The molecule has 1 aliphatic heterocycles. The predicted octanol–water partition coefficient (Wildman–Crippen LogP) is 2.15. The van der Waals surface area contributed by atoms with Crippen LogP contribution in [0, 0.1) is 0 Å². The Kier molecular flexibility index (Phi) is 6.01. The number of amides is 2. The zero-order chi connectivity index (χ0) is 18.6. The van der Waals surface area contributed by atoms with Crippen LogP contribution < -0.4 is 9.64 Å². The maximum absolute atomic E-state index is 12.6. The third kappa shape index (κ3) is 4.10. The number of carboxylic acid groups (broad SMARTS) is 1. The number of benzene rings is 1. The lowest BCUT2D eigenvalue weighted by molar-refractivity contribution is -0.133. The van der Waals surface area contributed by atoms with Gasteiger partial charge in [0.2, 0.25) is 5.91 Å². The monoisotopic (exact) mass is 348 g/mol. The molecule has 25 heavy (non-hydrogen) atoms. The van der Waals surface area contributed by atoms with Gasteiger partial charge < -0.3 is 14.7 Å². The number of hydrogen-bond acceptors (Lipinski definition) is 4. The van der Waals surface area contributed by atoms with E-state index in [1.165, 1.54) is 23.1 Å². The highest BCUT2D eigenvalue weighted by molar-refractivity contribution is 6.04. The normalized spacial score (nSPS) is 16.2. The van der Waals surface area contributed by atoms with E-state index in [2.05, 4.69) is 0 Å². The Hall–Kier alpha value is -2.57. The van der Waals surface area contributed by atoms with Gasteiger partial charge in [-0.1, -0.05) is 13.8 Å². The molecule has 1 aliphatic rings. The van der Waals surface area contributed by atoms with Crippen LogP contribution in [0.1, 0.15) is 44.0 Å². The number of hydrogen-bond donors (Lipinski definition) is 1. The minimum atomic E-state index is -1.07. The summed E-state index contributed by atoms with van der Waals surface area (Å²) in [5.74, 6) is -1.20. The molecule has 0 saturated carbocycles. The molecular weight excluding hydrogens is 324 g/mol. The summed E-state index contributed by atoms with van der Waals surface area (Å²) in [7, 11) is 0. The first-order valence-corrected chi connectivity index (χ1v) is 8.52. The fourth-order valence-corrected chi connectivity index (χ4v) is 2.84. The first-order valence-electron chi connectivity index (χ1n) is 8.52. The summed E-state index contributed by atoms with van der Waals surface area (Å²) in [5.41, 5.74) is 0.500. The van der Waals surface area contributed by atoms with Crippen LogP contribution in [-0.4, -0.2) is 53.5 Å². The maximum Gasteiger partial charge on any atom is 0.335 e. The lowest BCUT2D eigenvalue weighted by atomic mass is 10.1. The van der Waals surface area contributed by atoms with Gasteiger partial charge in [0.05, 0.1) is 11.3 Å². The van der Waals surface area contributed by atoms with Gasteiger partial charge in [-0.25, -0.2) is 4.79 Å². The number of carbonyl (C=O) groups is 3. The quantitative estimate of drug-likeness (QED) is 0.816. The molecule has 0 saturated heterocycles. The second-order valence-corrected chi connectivity index (χ2v) is 6.05. The number of carboxylic acids is 1. The third-order valence-electron chi connectivity index (χ3n) is 4.05. The molecule has 0 radical (unpaired) electrons.